The van der Waals surface area contributed by atoms with Crippen LogP contribution < -0.4 is 5.32 Å². The molecule has 1 N–H and O–H groups in total. The van der Waals surface area contributed by atoms with Crippen molar-refractivity contribution in [3.05, 3.63) is 21.9 Å². The number of aryl methyl sites for hydroxylation is 1. The van der Waals surface area contributed by atoms with Gasteiger partial charge in [-0.2, -0.15) is 0 Å². The van der Waals surface area contributed by atoms with Crippen molar-refractivity contribution in [2.45, 2.75) is 32.4 Å². The molecule has 1 aliphatic rings. The molecule has 3 heteroatoms. The van der Waals surface area contributed by atoms with Crippen molar-refractivity contribution in [3.63, 3.8) is 0 Å². The van der Waals surface area contributed by atoms with E-state index in [-0.39, 0.29) is 6.10 Å². The maximum atomic E-state index is 5.85. The van der Waals surface area contributed by atoms with Gasteiger partial charge in [0.15, 0.2) is 0 Å². The Morgan fingerprint density at radius 3 is 3.00 bits per heavy atom. The van der Waals surface area contributed by atoms with Crippen molar-refractivity contribution in [1.29, 1.82) is 0 Å². The average Bonchev–Trinajstić information content (AvgIpc) is 2.65. The van der Waals surface area contributed by atoms with Gasteiger partial charge < -0.3 is 10.1 Å². The minimum atomic E-state index is 0.276. The maximum Gasteiger partial charge on any atom is 0.104 e. The molecular formula is C11H17NOS. The van der Waals surface area contributed by atoms with Crippen molar-refractivity contribution in [2.24, 2.45) is 0 Å². The van der Waals surface area contributed by atoms with Crippen LogP contribution in [0.5, 0.6) is 0 Å². The van der Waals surface area contributed by atoms with Crippen molar-refractivity contribution < 1.29 is 4.74 Å². The van der Waals surface area contributed by atoms with Gasteiger partial charge >= 0.3 is 0 Å². The molecule has 1 aromatic heterocycles. The zero-order valence-corrected chi connectivity index (χ0v) is 9.56. The second-order valence-electron chi connectivity index (χ2n) is 3.80. The quantitative estimate of drug-likeness (QED) is 0.811. The molecule has 1 aromatic rings. The van der Waals surface area contributed by atoms with E-state index in [2.05, 4.69) is 30.6 Å². The molecular weight excluding hydrogens is 194 g/mol. The molecule has 2 rings (SSSR count). The van der Waals surface area contributed by atoms with Crippen LogP contribution in [0.4, 0.5) is 0 Å². The summed E-state index contributed by atoms with van der Waals surface area (Å²) in [5.41, 5.74) is 1.36. The van der Waals surface area contributed by atoms with Gasteiger partial charge in [-0.3, -0.25) is 0 Å². The average molecular weight is 211 g/mol. The fourth-order valence-electron chi connectivity index (χ4n) is 1.77. The van der Waals surface area contributed by atoms with Gasteiger partial charge in [0, 0.05) is 17.5 Å². The normalized spacial score (nSPS) is 27.9. The predicted octanol–water partition coefficient (Wildman–Crippen LogP) is 2.50. The Labute approximate surface area is 89.3 Å². The Bertz CT molecular complexity index is 289. The van der Waals surface area contributed by atoms with E-state index in [0.717, 1.165) is 19.6 Å². The predicted molar refractivity (Wildman–Crippen MR) is 59.8 cm³/mol. The molecule has 0 bridgehead atoms. The van der Waals surface area contributed by atoms with E-state index >= 15 is 0 Å². The van der Waals surface area contributed by atoms with Gasteiger partial charge in [0.1, 0.15) is 6.10 Å². The van der Waals surface area contributed by atoms with Gasteiger partial charge in [0.2, 0.25) is 0 Å². The summed E-state index contributed by atoms with van der Waals surface area (Å²) in [6.45, 7) is 6.15. The lowest BCUT2D eigenvalue weighted by atomic mass is 10.1. The van der Waals surface area contributed by atoms with Crippen LogP contribution in [0.15, 0.2) is 11.4 Å². The monoisotopic (exact) mass is 211 g/mol. The fourth-order valence-corrected chi connectivity index (χ4v) is 2.74. The third-order valence-electron chi connectivity index (χ3n) is 2.78. The highest BCUT2D eigenvalue weighted by molar-refractivity contribution is 7.10. The van der Waals surface area contributed by atoms with E-state index < -0.39 is 0 Å². The Morgan fingerprint density at radius 1 is 1.64 bits per heavy atom. The molecule has 0 aliphatic carbocycles. The van der Waals surface area contributed by atoms with Crippen molar-refractivity contribution >= 4 is 11.3 Å². The molecule has 0 amide bonds. The van der Waals surface area contributed by atoms with E-state index in [1.165, 1.54) is 10.4 Å². The maximum absolute atomic E-state index is 5.85. The van der Waals surface area contributed by atoms with Gasteiger partial charge in [-0.05, 0) is 30.4 Å². The lowest BCUT2D eigenvalue weighted by Crippen LogP contribution is -2.42. The minimum Gasteiger partial charge on any atom is -0.370 e. The molecule has 1 saturated heterocycles. The van der Waals surface area contributed by atoms with E-state index in [9.17, 15) is 0 Å². The van der Waals surface area contributed by atoms with Gasteiger partial charge in [0.25, 0.3) is 0 Å². The summed E-state index contributed by atoms with van der Waals surface area (Å²) < 4.78 is 5.85. The van der Waals surface area contributed by atoms with E-state index in [1.807, 2.05) is 0 Å². The largest absolute Gasteiger partial charge is 0.370 e. The SMILES string of the molecule is CCC1COC(c2sccc2C)CN1. The summed E-state index contributed by atoms with van der Waals surface area (Å²) in [7, 11) is 0. The number of hydrogen-bond donors (Lipinski definition) is 1. The summed E-state index contributed by atoms with van der Waals surface area (Å²) in [5, 5.41) is 5.65. The van der Waals surface area contributed by atoms with Crippen molar-refractivity contribution in [2.75, 3.05) is 13.2 Å². The first-order valence-electron chi connectivity index (χ1n) is 5.20. The Morgan fingerprint density at radius 2 is 2.50 bits per heavy atom. The first-order chi connectivity index (χ1) is 6.81. The standard InChI is InChI=1S/C11H17NOS/c1-3-9-7-13-10(6-12-9)11-8(2)4-5-14-11/h4-5,9-10,12H,3,6-7H2,1-2H3. The topological polar surface area (TPSA) is 21.3 Å². The Kier molecular flexibility index (Phi) is 3.21. The summed E-state index contributed by atoms with van der Waals surface area (Å²) >= 11 is 1.80. The smallest absolute Gasteiger partial charge is 0.104 e. The third kappa shape index (κ3) is 2.00. The third-order valence-corrected chi connectivity index (χ3v) is 3.89. The highest BCUT2D eigenvalue weighted by Gasteiger charge is 2.22. The minimum absolute atomic E-state index is 0.276. The fraction of sp³-hybridized carbons (Fsp3) is 0.636. The highest BCUT2D eigenvalue weighted by atomic mass is 32.1. The second-order valence-corrected chi connectivity index (χ2v) is 4.75. The summed E-state index contributed by atoms with van der Waals surface area (Å²) in [6.07, 6.45) is 1.42. The van der Waals surface area contributed by atoms with Crippen molar-refractivity contribution in [1.82, 2.24) is 5.32 Å². The van der Waals surface area contributed by atoms with Crippen LogP contribution >= 0.6 is 11.3 Å². The van der Waals surface area contributed by atoms with Crippen LogP contribution in [-0.4, -0.2) is 19.2 Å². The Hall–Kier alpha value is -0.380. The van der Waals surface area contributed by atoms with E-state index in [1.54, 1.807) is 11.3 Å². The zero-order valence-electron chi connectivity index (χ0n) is 8.75. The van der Waals surface area contributed by atoms with Crippen LogP contribution in [0.3, 0.4) is 0 Å². The van der Waals surface area contributed by atoms with Gasteiger partial charge in [0.05, 0.1) is 6.61 Å². The number of nitrogens with one attached hydrogen (secondary N) is 1. The van der Waals surface area contributed by atoms with Crippen LogP contribution in [0, 0.1) is 6.92 Å². The molecule has 0 aromatic carbocycles. The summed E-state index contributed by atoms with van der Waals surface area (Å²) in [4.78, 5) is 1.38. The lowest BCUT2D eigenvalue weighted by Gasteiger charge is -2.29. The summed E-state index contributed by atoms with van der Waals surface area (Å²) in [5.74, 6) is 0. The molecule has 0 saturated carbocycles. The van der Waals surface area contributed by atoms with Crippen LogP contribution in [0.2, 0.25) is 0 Å². The molecule has 1 aliphatic heterocycles. The number of ether oxygens (including phenoxy) is 1. The molecule has 0 radical (unpaired) electrons. The first-order valence-corrected chi connectivity index (χ1v) is 6.08. The highest BCUT2D eigenvalue weighted by Crippen LogP contribution is 2.28. The summed E-state index contributed by atoms with van der Waals surface area (Å²) in [6, 6.07) is 2.71. The second kappa shape index (κ2) is 4.43. The van der Waals surface area contributed by atoms with Gasteiger partial charge in [-0.25, -0.2) is 0 Å². The molecule has 14 heavy (non-hydrogen) atoms. The molecule has 2 heterocycles. The number of rotatable bonds is 2. The Balaban J connectivity index is 1.99. The number of morpholine rings is 1. The van der Waals surface area contributed by atoms with E-state index in [0.29, 0.717) is 6.04 Å². The van der Waals surface area contributed by atoms with E-state index in [4.69, 9.17) is 4.74 Å². The van der Waals surface area contributed by atoms with Gasteiger partial charge in [-0.1, -0.05) is 6.92 Å². The molecule has 2 atom stereocenters. The first kappa shape index (κ1) is 10.1. The number of thiophene rings is 1. The van der Waals surface area contributed by atoms with Crippen molar-refractivity contribution in [3.8, 4) is 0 Å². The van der Waals surface area contributed by atoms with Crippen LogP contribution in [-0.2, 0) is 4.74 Å². The molecule has 78 valence electrons. The van der Waals surface area contributed by atoms with Crippen LogP contribution in [0.25, 0.3) is 0 Å². The molecule has 2 nitrogen and oxygen atoms in total. The molecule has 0 spiro atoms. The zero-order chi connectivity index (χ0) is 9.97. The van der Waals surface area contributed by atoms with Crippen LogP contribution in [0.1, 0.15) is 29.9 Å². The molecule has 1 fully saturated rings. The lowest BCUT2D eigenvalue weighted by molar-refractivity contribution is 0.00395. The molecule has 2 unspecified atom stereocenters. The van der Waals surface area contributed by atoms with Gasteiger partial charge in [-0.15, -0.1) is 11.3 Å². The number of hydrogen-bond acceptors (Lipinski definition) is 3.